The van der Waals surface area contributed by atoms with Gasteiger partial charge in [-0.2, -0.15) is 0 Å². The van der Waals surface area contributed by atoms with Gasteiger partial charge in [-0.05, 0) is 24.8 Å². The van der Waals surface area contributed by atoms with E-state index in [0.29, 0.717) is 17.5 Å². The second-order valence-corrected chi connectivity index (χ2v) is 4.36. The zero-order valence-electron chi connectivity index (χ0n) is 9.10. The van der Waals surface area contributed by atoms with E-state index < -0.39 is 4.92 Å². The van der Waals surface area contributed by atoms with Gasteiger partial charge in [-0.1, -0.05) is 11.6 Å². The lowest BCUT2D eigenvalue weighted by Gasteiger charge is -2.08. The quantitative estimate of drug-likeness (QED) is 0.340. The third kappa shape index (κ3) is 3.57. The summed E-state index contributed by atoms with van der Waals surface area (Å²) in [4.78, 5) is 10.1. The van der Waals surface area contributed by atoms with Gasteiger partial charge in [0.1, 0.15) is 5.75 Å². The molecule has 0 aromatic heterocycles. The molecule has 5 nitrogen and oxygen atoms in total. The van der Waals surface area contributed by atoms with Gasteiger partial charge >= 0.3 is 0 Å². The summed E-state index contributed by atoms with van der Waals surface area (Å²) >= 11 is 5.85. The summed E-state index contributed by atoms with van der Waals surface area (Å²) in [6, 6.07) is 4.07. The number of hydrogen-bond donors (Lipinski definition) is 0. The molecule has 0 heterocycles. The molecule has 1 aliphatic carbocycles. The van der Waals surface area contributed by atoms with Crippen molar-refractivity contribution in [3.8, 4) is 5.75 Å². The molecule has 0 spiro atoms. The van der Waals surface area contributed by atoms with E-state index in [2.05, 4.69) is 0 Å². The summed E-state index contributed by atoms with van der Waals surface area (Å²) in [5.41, 5.74) is -0.0495. The molecule has 1 saturated carbocycles. The van der Waals surface area contributed by atoms with Crippen LogP contribution in [0, 0.1) is 16.0 Å². The molecule has 2 rings (SSSR count). The normalized spacial score (nSPS) is 14.6. The van der Waals surface area contributed by atoms with Gasteiger partial charge in [0.2, 0.25) is 0 Å². The molecule has 0 amide bonds. The molecule has 92 valence electrons. The summed E-state index contributed by atoms with van der Waals surface area (Å²) < 4.78 is 10.5. The van der Waals surface area contributed by atoms with E-state index in [-0.39, 0.29) is 18.2 Å². The van der Waals surface area contributed by atoms with E-state index in [4.69, 9.17) is 21.1 Å². The number of non-ortho nitro benzene ring substituents is 1. The van der Waals surface area contributed by atoms with Crippen molar-refractivity contribution in [3.63, 3.8) is 0 Å². The van der Waals surface area contributed by atoms with Crippen molar-refractivity contribution in [3.05, 3.63) is 33.3 Å². The van der Waals surface area contributed by atoms with E-state index in [0.717, 1.165) is 0 Å². The molecule has 0 saturated heterocycles. The molecule has 17 heavy (non-hydrogen) atoms. The second kappa shape index (κ2) is 5.33. The van der Waals surface area contributed by atoms with Gasteiger partial charge < -0.3 is 9.47 Å². The van der Waals surface area contributed by atoms with Crippen molar-refractivity contribution >= 4 is 17.3 Å². The molecule has 1 fully saturated rings. The zero-order chi connectivity index (χ0) is 12.3. The Morgan fingerprint density at radius 1 is 1.47 bits per heavy atom. The summed E-state index contributed by atoms with van der Waals surface area (Å²) in [5, 5.41) is 10.9. The highest BCUT2D eigenvalue weighted by Crippen LogP contribution is 2.30. The highest BCUT2D eigenvalue weighted by molar-refractivity contribution is 6.32. The lowest BCUT2D eigenvalue weighted by molar-refractivity contribution is -0.385. The first-order valence-corrected chi connectivity index (χ1v) is 5.69. The summed E-state index contributed by atoms with van der Waals surface area (Å²) in [6.45, 7) is 0.740. The van der Waals surface area contributed by atoms with Gasteiger partial charge in [-0.3, -0.25) is 10.1 Å². The van der Waals surface area contributed by atoms with Gasteiger partial charge in [0, 0.05) is 6.07 Å². The van der Waals surface area contributed by atoms with Gasteiger partial charge in [0.05, 0.1) is 22.6 Å². The van der Waals surface area contributed by atoms with E-state index in [1.807, 2.05) is 0 Å². The number of ether oxygens (including phenoxy) is 2. The highest BCUT2D eigenvalue weighted by Gasteiger charge is 2.21. The zero-order valence-corrected chi connectivity index (χ0v) is 9.85. The fourth-order valence-electron chi connectivity index (χ4n) is 1.32. The van der Waals surface area contributed by atoms with Crippen molar-refractivity contribution in [2.45, 2.75) is 12.8 Å². The maximum atomic E-state index is 10.6. The van der Waals surface area contributed by atoms with Crippen LogP contribution in [0.5, 0.6) is 5.75 Å². The van der Waals surface area contributed by atoms with Crippen molar-refractivity contribution in [1.82, 2.24) is 0 Å². The molecule has 0 unspecified atom stereocenters. The summed E-state index contributed by atoms with van der Waals surface area (Å²) in [7, 11) is 0. The van der Waals surface area contributed by atoms with Gasteiger partial charge in [0.25, 0.3) is 5.69 Å². The Hall–Kier alpha value is -1.33. The Morgan fingerprint density at radius 2 is 2.24 bits per heavy atom. The molecule has 0 bridgehead atoms. The van der Waals surface area contributed by atoms with Crippen molar-refractivity contribution in [2.24, 2.45) is 5.92 Å². The number of nitro benzene ring substituents is 1. The van der Waals surface area contributed by atoms with Crippen molar-refractivity contribution in [2.75, 3.05) is 13.4 Å². The Labute approximate surface area is 103 Å². The summed E-state index contributed by atoms with van der Waals surface area (Å²) in [6.07, 6.45) is 2.41. The van der Waals surface area contributed by atoms with Crippen molar-refractivity contribution < 1.29 is 14.4 Å². The fourth-order valence-corrected chi connectivity index (χ4v) is 1.49. The van der Waals surface area contributed by atoms with Crippen LogP contribution in [0.15, 0.2) is 18.2 Å². The van der Waals surface area contributed by atoms with Crippen LogP contribution in [0.25, 0.3) is 0 Å². The van der Waals surface area contributed by atoms with E-state index in [9.17, 15) is 10.1 Å². The van der Waals surface area contributed by atoms with Gasteiger partial charge in [0.15, 0.2) is 6.79 Å². The lowest BCUT2D eigenvalue weighted by Crippen LogP contribution is -2.05. The maximum Gasteiger partial charge on any atom is 0.273 e. The molecular formula is C11H12ClNO4. The van der Waals surface area contributed by atoms with Crippen LogP contribution >= 0.6 is 11.6 Å². The van der Waals surface area contributed by atoms with Crippen LogP contribution in [-0.4, -0.2) is 18.3 Å². The average Bonchev–Trinajstić information content (AvgIpc) is 3.10. The molecule has 1 aromatic carbocycles. The standard InChI is InChI=1S/C11H12ClNO4/c12-10-4-3-9(13(14)15)5-11(10)17-7-16-6-8-1-2-8/h3-5,8H,1-2,6-7H2. The minimum atomic E-state index is -0.492. The molecule has 0 radical (unpaired) electrons. The number of benzene rings is 1. The number of nitrogens with zero attached hydrogens (tertiary/aromatic N) is 1. The monoisotopic (exact) mass is 257 g/mol. The van der Waals surface area contributed by atoms with Crippen LogP contribution in [0.2, 0.25) is 5.02 Å². The van der Waals surface area contributed by atoms with E-state index >= 15 is 0 Å². The second-order valence-electron chi connectivity index (χ2n) is 3.95. The van der Waals surface area contributed by atoms with Gasteiger partial charge in [-0.15, -0.1) is 0 Å². The Morgan fingerprint density at radius 3 is 2.88 bits per heavy atom. The van der Waals surface area contributed by atoms with E-state index in [1.54, 1.807) is 0 Å². The Kier molecular flexibility index (Phi) is 3.81. The Balaban J connectivity index is 1.88. The first-order chi connectivity index (χ1) is 8.16. The van der Waals surface area contributed by atoms with E-state index in [1.165, 1.54) is 31.0 Å². The third-order valence-electron chi connectivity index (χ3n) is 2.47. The SMILES string of the molecule is O=[N+]([O-])c1ccc(Cl)c(OCOCC2CC2)c1. The minimum absolute atomic E-state index is 0.0495. The van der Waals surface area contributed by atoms with Gasteiger partial charge in [-0.25, -0.2) is 0 Å². The largest absolute Gasteiger partial charge is 0.466 e. The number of hydrogen-bond acceptors (Lipinski definition) is 4. The van der Waals surface area contributed by atoms with Crippen LogP contribution in [0.4, 0.5) is 5.69 Å². The first-order valence-electron chi connectivity index (χ1n) is 5.31. The third-order valence-corrected chi connectivity index (χ3v) is 2.79. The highest BCUT2D eigenvalue weighted by atomic mass is 35.5. The Bertz CT molecular complexity index is 420. The molecule has 1 aromatic rings. The minimum Gasteiger partial charge on any atom is -0.466 e. The number of rotatable bonds is 6. The molecule has 0 aliphatic heterocycles. The van der Waals surface area contributed by atoms with Crippen LogP contribution in [0.1, 0.15) is 12.8 Å². The predicted molar refractivity (Wildman–Crippen MR) is 62.3 cm³/mol. The molecular weight excluding hydrogens is 246 g/mol. The maximum absolute atomic E-state index is 10.6. The smallest absolute Gasteiger partial charge is 0.273 e. The predicted octanol–water partition coefficient (Wildman–Crippen LogP) is 3.01. The molecule has 0 N–H and O–H groups in total. The number of nitro groups is 1. The molecule has 1 aliphatic rings. The molecule has 0 atom stereocenters. The average molecular weight is 258 g/mol. The number of halogens is 1. The van der Waals surface area contributed by atoms with Crippen LogP contribution < -0.4 is 4.74 Å². The lowest BCUT2D eigenvalue weighted by atomic mass is 10.3. The van der Waals surface area contributed by atoms with Crippen LogP contribution in [0.3, 0.4) is 0 Å². The fraction of sp³-hybridized carbons (Fsp3) is 0.455. The summed E-state index contributed by atoms with van der Waals surface area (Å²) in [5.74, 6) is 0.927. The molecule has 6 heteroatoms. The van der Waals surface area contributed by atoms with Crippen molar-refractivity contribution in [1.29, 1.82) is 0 Å². The van der Waals surface area contributed by atoms with Crippen LogP contribution in [-0.2, 0) is 4.74 Å². The first kappa shape index (κ1) is 12.1. The topological polar surface area (TPSA) is 61.6 Å².